The van der Waals surface area contributed by atoms with Gasteiger partial charge in [0.1, 0.15) is 5.54 Å². The highest BCUT2D eigenvalue weighted by molar-refractivity contribution is 6.07. The predicted octanol–water partition coefficient (Wildman–Crippen LogP) is 0.299. The molecule has 0 aromatic carbocycles. The van der Waals surface area contributed by atoms with Crippen molar-refractivity contribution in [2.75, 3.05) is 39.4 Å². The summed E-state index contributed by atoms with van der Waals surface area (Å²) in [4.78, 5) is 30.7. The van der Waals surface area contributed by atoms with E-state index in [2.05, 4.69) is 27.8 Å². The minimum absolute atomic E-state index is 0.140. The Morgan fingerprint density at radius 1 is 1.36 bits per heavy atom. The molecule has 140 valence electrons. The Hall–Kier alpha value is -1.83. The molecule has 8 nitrogen and oxygen atoms in total. The molecule has 3 N–H and O–H groups in total. The normalized spacial score (nSPS) is 31.2. The number of hydrogen-bond acceptors (Lipinski definition) is 4. The molecule has 8 heteroatoms. The first-order valence-corrected chi connectivity index (χ1v) is 9.27. The van der Waals surface area contributed by atoms with Crippen LogP contribution < -0.4 is 16.0 Å². The second-order valence-corrected chi connectivity index (χ2v) is 7.30. The third-order valence-electron chi connectivity index (χ3n) is 5.54. The van der Waals surface area contributed by atoms with E-state index < -0.39 is 5.54 Å². The second-order valence-electron chi connectivity index (χ2n) is 7.30. The van der Waals surface area contributed by atoms with E-state index in [-0.39, 0.29) is 17.9 Å². The number of imide groups is 1. The summed E-state index contributed by atoms with van der Waals surface area (Å²) in [7, 11) is 0. The molecule has 0 saturated carbocycles. The van der Waals surface area contributed by atoms with Crippen LogP contribution in [0.2, 0.25) is 0 Å². The zero-order valence-corrected chi connectivity index (χ0v) is 15.1. The molecular weight excluding hydrogens is 322 g/mol. The van der Waals surface area contributed by atoms with Crippen LogP contribution in [0.15, 0.2) is 4.99 Å². The number of urea groups is 1. The van der Waals surface area contributed by atoms with E-state index in [1.54, 1.807) is 0 Å². The van der Waals surface area contributed by atoms with Gasteiger partial charge in [-0.05, 0) is 39.0 Å². The summed E-state index contributed by atoms with van der Waals surface area (Å²) in [5.41, 5.74) is -0.792. The van der Waals surface area contributed by atoms with Crippen LogP contribution in [0.4, 0.5) is 4.79 Å². The number of aliphatic imine (C=N–C) groups is 1. The number of likely N-dealkylation sites (tertiary alicyclic amines) is 1. The van der Waals surface area contributed by atoms with Gasteiger partial charge in [-0.15, -0.1) is 0 Å². The monoisotopic (exact) mass is 351 g/mol. The van der Waals surface area contributed by atoms with Gasteiger partial charge in [-0.3, -0.25) is 15.1 Å². The van der Waals surface area contributed by atoms with Gasteiger partial charge in [0.05, 0.1) is 6.61 Å². The van der Waals surface area contributed by atoms with E-state index in [1.807, 2.05) is 6.92 Å². The Kier molecular flexibility index (Phi) is 5.46. The molecule has 0 bridgehead atoms. The average Bonchev–Trinajstić information content (AvgIpc) is 3.20. The van der Waals surface area contributed by atoms with Crippen LogP contribution in [0.3, 0.4) is 0 Å². The van der Waals surface area contributed by atoms with Crippen molar-refractivity contribution >= 4 is 17.9 Å². The van der Waals surface area contributed by atoms with Gasteiger partial charge in [-0.1, -0.05) is 0 Å². The van der Waals surface area contributed by atoms with Crippen molar-refractivity contribution in [3.05, 3.63) is 0 Å². The van der Waals surface area contributed by atoms with Crippen molar-refractivity contribution in [3.8, 4) is 0 Å². The summed E-state index contributed by atoms with van der Waals surface area (Å²) < 4.78 is 5.42. The van der Waals surface area contributed by atoms with Crippen LogP contribution in [0.25, 0.3) is 0 Å². The van der Waals surface area contributed by atoms with E-state index in [4.69, 9.17) is 9.73 Å². The SMILES string of the molecule is CCNC(=NCC1CCOC1)N1CCC(C2(C)NC(=O)NC2=O)CC1. The van der Waals surface area contributed by atoms with Crippen LogP contribution in [0, 0.1) is 11.8 Å². The maximum absolute atomic E-state index is 12.1. The number of piperidine rings is 1. The molecule has 0 aromatic rings. The first-order valence-electron chi connectivity index (χ1n) is 9.27. The molecule has 3 aliphatic heterocycles. The lowest BCUT2D eigenvalue weighted by Crippen LogP contribution is -2.55. The molecule has 25 heavy (non-hydrogen) atoms. The predicted molar refractivity (Wildman–Crippen MR) is 94.3 cm³/mol. The minimum atomic E-state index is -0.792. The molecule has 3 aliphatic rings. The van der Waals surface area contributed by atoms with E-state index in [0.29, 0.717) is 5.92 Å². The fourth-order valence-electron chi connectivity index (χ4n) is 3.88. The number of amides is 3. The molecule has 0 spiro atoms. The number of carbonyl (C=O) groups is 2. The minimum Gasteiger partial charge on any atom is -0.381 e. The van der Waals surface area contributed by atoms with E-state index in [9.17, 15) is 9.59 Å². The highest BCUT2D eigenvalue weighted by atomic mass is 16.5. The lowest BCUT2D eigenvalue weighted by molar-refractivity contribution is -0.125. The van der Waals surface area contributed by atoms with Gasteiger partial charge < -0.3 is 20.3 Å². The van der Waals surface area contributed by atoms with Crippen molar-refractivity contribution in [1.82, 2.24) is 20.9 Å². The lowest BCUT2D eigenvalue weighted by atomic mass is 9.79. The van der Waals surface area contributed by atoms with Gasteiger partial charge in [-0.25, -0.2) is 4.79 Å². The highest BCUT2D eigenvalue weighted by Gasteiger charge is 2.48. The van der Waals surface area contributed by atoms with Gasteiger partial charge >= 0.3 is 6.03 Å². The number of nitrogens with zero attached hydrogens (tertiary/aromatic N) is 2. The number of nitrogens with one attached hydrogen (secondary N) is 3. The topological polar surface area (TPSA) is 95.1 Å². The van der Waals surface area contributed by atoms with Crippen molar-refractivity contribution < 1.29 is 14.3 Å². The molecule has 3 amide bonds. The molecule has 2 atom stereocenters. The van der Waals surface area contributed by atoms with Crippen LogP contribution in [-0.2, 0) is 9.53 Å². The van der Waals surface area contributed by atoms with Crippen LogP contribution in [0.5, 0.6) is 0 Å². The first kappa shape index (κ1) is 18.0. The summed E-state index contributed by atoms with van der Waals surface area (Å²) >= 11 is 0. The van der Waals surface area contributed by atoms with Crippen LogP contribution in [0.1, 0.15) is 33.1 Å². The number of carbonyl (C=O) groups excluding carboxylic acids is 2. The Bertz CT molecular complexity index is 538. The quantitative estimate of drug-likeness (QED) is 0.385. The highest BCUT2D eigenvalue weighted by Crippen LogP contribution is 2.30. The average molecular weight is 351 g/mol. The third-order valence-corrected chi connectivity index (χ3v) is 5.54. The van der Waals surface area contributed by atoms with Gasteiger partial charge in [0.25, 0.3) is 5.91 Å². The van der Waals surface area contributed by atoms with Gasteiger partial charge in [0.15, 0.2) is 5.96 Å². The van der Waals surface area contributed by atoms with E-state index in [0.717, 1.165) is 64.6 Å². The number of rotatable bonds is 4. The van der Waals surface area contributed by atoms with Crippen molar-refractivity contribution in [2.24, 2.45) is 16.8 Å². The zero-order valence-electron chi connectivity index (χ0n) is 15.1. The Morgan fingerprint density at radius 2 is 2.12 bits per heavy atom. The fraction of sp³-hybridized carbons (Fsp3) is 0.824. The largest absolute Gasteiger partial charge is 0.381 e. The Labute approximate surface area is 148 Å². The van der Waals surface area contributed by atoms with Crippen LogP contribution >= 0.6 is 0 Å². The maximum Gasteiger partial charge on any atom is 0.322 e. The molecule has 0 aromatic heterocycles. The molecule has 0 aliphatic carbocycles. The van der Waals surface area contributed by atoms with Crippen molar-refractivity contribution in [3.63, 3.8) is 0 Å². The third kappa shape index (κ3) is 3.89. The maximum atomic E-state index is 12.1. The molecule has 3 heterocycles. The van der Waals surface area contributed by atoms with Gasteiger partial charge in [0, 0.05) is 38.7 Å². The first-order chi connectivity index (χ1) is 12.0. The molecule has 3 saturated heterocycles. The number of hydrogen-bond donors (Lipinski definition) is 3. The molecule has 2 unspecified atom stereocenters. The Morgan fingerprint density at radius 3 is 2.68 bits per heavy atom. The standard InChI is InChI=1S/C17H29N5O3/c1-3-18-15(19-10-12-6-9-25-11-12)22-7-4-13(5-8-22)17(2)14(23)20-16(24)21-17/h12-13H,3-11H2,1-2H3,(H,18,19)(H2,20,21,23,24). The van der Waals surface area contributed by atoms with E-state index in [1.165, 1.54) is 0 Å². The fourth-order valence-corrected chi connectivity index (χ4v) is 3.88. The number of guanidine groups is 1. The molecule has 3 fully saturated rings. The number of ether oxygens (including phenoxy) is 1. The smallest absolute Gasteiger partial charge is 0.322 e. The summed E-state index contributed by atoms with van der Waals surface area (Å²) in [5.74, 6) is 1.39. The van der Waals surface area contributed by atoms with Gasteiger partial charge in [0.2, 0.25) is 0 Å². The summed E-state index contributed by atoms with van der Waals surface area (Å²) in [6.45, 7) is 8.82. The van der Waals surface area contributed by atoms with Crippen molar-refractivity contribution in [1.29, 1.82) is 0 Å². The lowest BCUT2D eigenvalue weighted by Gasteiger charge is -2.39. The molecule has 0 radical (unpaired) electrons. The van der Waals surface area contributed by atoms with Gasteiger partial charge in [-0.2, -0.15) is 0 Å². The van der Waals surface area contributed by atoms with E-state index >= 15 is 0 Å². The molecule has 3 rings (SSSR count). The second kappa shape index (κ2) is 7.59. The summed E-state index contributed by atoms with van der Waals surface area (Å²) in [6, 6.07) is -0.386. The van der Waals surface area contributed by atoms with Crippen LogP contribution in [-0.4, -0.2) is 67.7 Å². The zero-order chi connectivity index (χ0) is 17.9. The summed E-state index contributed by atoms with van der Waals surface area (Å²) in [6.07, 6.45) is 2.78. The molecular formula is C17H29N5O3. The summed E-state index contributed by atoms with van der Waals surface area (Å²) in [5, 5.41) is 8.54. The van der Waals surface area contributed by atoms with Crippen molar-refractivity contribution in [2.45, 2.75) is 38.6 Å². The Balaban J connectivity index is 1.58.